The molecule has 0 saturated heterocycles. The predicted octanol–water partition coefficient (Wildman–Crippen LogP) is 2.56. The summed E-state index contributed by atoms with van der Waals surface area (Å²) < 4.78 is 17.0. The molecule has 4 heteroatoms. The van der Waals surface area contributed by atoms with Gasteiger partial charge in [-0.15, -0.1) is 0 Å². The van der Waals surface area contributed by atoms with E-state index >= 15 is 0 Å². The summed E-state index contributed by atoms with van der Waals surface area (Å²) in [6.45, 7) is 5.90. The van der Waals surface area contributed by atoms with Crippen molar-refractivity contribution in [1.82, 2.24) is 0 Å². The Labute approximate surface area is 143 Å². The molecule has 2 N–H and O–H groups in total. The lowest BCUT2D eigenvalue weighted by atomic mass is 9.94. The average Bonchev–Trinajstić information content (AvgIpc) is 2.57. The maximum Gasteiger partial charge on any atom is 0.161 e. The second-order valence-corrected chi connectivity index (χ2v) is 6.42. The summed E-state index contributed by atoms with van der Waals surface area (Å²) in [5, 5.41) is 2.34. The second-order valence-electron chi connectivity index (χ2n) is 6.42. The Bertz CT molecular complexity index is 707. The van der Waals surface area contributed by atoms with Gasteiger partial charge in [0.15, 0.2) is 11.5 Å². The third kappa shape index (κ3) is 3.49. The van der Waals surface area contributed by atoms with Crippen molar-refractivity contribution in [3.63, 3.8) is 0 Å². The van der Waals surface area contributed by atoms with Gasteiger partial charge < -0.3 is 19.5 Å². The summed E-state index contributed by atoms with van der Waals surface area (Å²) in [5.41, 5.74) is 5.06. The molecule has 1 atom stereocenters. The van der Waals surface area contributed by atoms with Crippen LogP contribution < -0.4 is 19.5 Å². The maximum atomic E-state index is 6.09. The Balaban J connectivity index is 1.81. The Morgan fingerprint density at radius 1 is 0.958 bits per heavy atom. The first-order valence-electron chi connectivity index (χ1n) is 8.40. The van der Waals surface area contributed by atoms with Crippen molar-refractivity contribution < 1.29 is 19.5 Å². The standard InChI is InChI=1S/C20H25NO3/c1-13-7-14(2)9-16(8-13)24-12-18-17-11-20(23-4)19(22-3)10-15(17)5-6-21-18/h7-11,18,21H,5-6,12H2,1-4H3/p+1/t18-/m1/s1. The number of benzene rings is 2. The Morgan fingerprint density at radius 2 is 1.62 bits per heavy atom. The zero-order valence-electron chi connectivity index (χ0n) is 14.9. The van der Waals surface area contributed by atoms with E-state index in [1.165, 1.54) is 22.3 Å². The number of ether oxygens (including phenoxy) is 3. The van der Waals surface area contributed by atoms with E-state index in [1.807, 2.05) is 0 Å². The molecule has 0 fully saturated rings. The van der Waals surface area contributed by atoms with Crippen LogP contribution in [0.4, 0.5) is 0 Å². The molecule has 128 valence electrons. The van der Waals surface area contributed by atoms with Crippen LogP contribution in [-0.2, 0) is 6.42 Å². The smallest absolute Gasteiger partial charge is 0.161 e. The molecular weight excluding hydrogens is 302 g/mol. The highest BCUT2D eigenvalue weighted by Gasteiger charge is 2.26. The highest BCUT2D eigenvalue weighted by atomic mass is 16.5. The van der Waals surface area contributed by atoms with Crippen molar-refractivity contribution >= 4 is 0 Å². The van der Waals surface area contributed by atoms with Gasteiger partial charge in [-0.2, -0.15) is 0 Å². The van der Waals surface area contributed by atoms with Gasteiger partial charge in [0.05, 0.1) is 20.8 Å². The summed E-state index contributed by atoms with van der Waals surface area (Å²) in [4.78, 5) is 0. The molecule has 0 saturated carbocycles. The van der Waals surface area contributed by atoms with Gasteiger partial charge in [0.1, 0.15) is 18.4 Å². The van der Waals surface area contributed by atoms with Gasteiger partial charge in [-0.05, 0) is 54.8 Å². The van der Waals surface area contributed by atoms with E-state index in [-0.39, 0.29) is 6.04 Å². The molecule has 4 nitrogen and oxygen atoms in total. The zero-order valence-corrected chi connectivity index (χ0v) is 14.9. The fourth-order valence-corrected chi connectivity index (χ4v) is 3.43. The van der Waals surface area contributed by atoms with Gasteiger partial charge in [0.2, 0.25) is 0 Å². The van der Waals surface area contributed by atoms with E-state index in [9.17, 15) is 0 Å². The van der Waals surface area contributed by atoms with Crippen LogP contribution in [0.5, 0.6) is 17.2 Å². The van der Waals surface area contributed by atoms with Crippen LogP contribution in [0.1, 0.15) is 28.3 Å². The fourth-order valence-electron chi connectivity index (χ4n) is 3.43. The Morgan fingerprint density at radius 3 is 2.29 bits per heavy atom. The molecule has 0 aliphatic carbocycles. The maximum absolute atomic E-state index is 6.09. The van der Waals surface area contributed by atoms with Crippen molar-refractivity contribution in [1.29, 1.82) is 0 Å². The van der Waals surface area contributed by atoms with Gasteiger partial charge in [-0.25, -0.2) is 0 Å². The first-order chi connectivity index (χ1) is 11.6. The Kier molecular flexibility index (Phi) is 4.95. The molecule has 0 radical (unpaired) electrons. The lowest BCUT2D eigenvalue weighted by Gasteiger charge is -2.25. The summed E-state index contributed by atoms with van der Waals surface area (Å²) in [6.07, 6.45) is 1.04. The van der Waals surface area contributed by atoms with Crippen LogP contribution in [0.15, 0.2) is 30.3 Å². The quantitative estimate of drug-likeness (QED) is 0.917. The molecule has 0 unspecified atom stereocenters. The number of aryl methyl sites for hydroxylation is 2. The molecule has 0 spiro atoms. The van der Waals surface area contributed by atoms with Crippen molar-refractivity contribution in [2.75, 3.05) is 27.4 Å². The molecular formula is C20H26NO3+. The lowest BCUT2D eigenvalue weighted by Crippen LogP contribution is -2.88. The summed E-state index contributed by atoms with van der Waals surface area (Å²) >= 11 is 0. The molecule has 0 aromatic heterocycles. The van der Waals surface area contributed by atoms with Gasteiger partial charge >= 0.3 is 0 Å². The largest absolute Gasteiger partial charge is 0.493 e. The minimum absolute atomic E-state index is 0.273. The molecule has 2 aromatic rings. The van der Waals surface area contributed by atoms with Crippen LogP contribution in [0.3, 0.4) is 0 Å². The highest BCUT2D eigenvalue weighted by molar-refractivity contribution is 5.48. The molecule has 1 aliphatic rings. The number of nitrogens with two attached hydrogens (primary N) is 1. The Hall–Kier alpha value is -2.20. The first kappa shape index (κ1) is 16.7. The zero-order chi connectivity index (χ0) is 17.1. The third-order valence-electron chi connectivity index (χ3n) is 4.53. The van der Waals surface area contributed by atoms with Crippen LogP contribution in [0.25, 0.3) is 0 Å². The topological polar surface area (TPSA) is 44.3 Å². The van der Waals surface area contributed by atoms with Crippen molar-refractivity contribution in [2.24, 2.45) is 0 Å². The minimum atomic E-state index is 0.273. The van der Waals surface area contributed by atoms with Gasteiger partial charge in [0.25, 0.3) is 0 Å². The molecule has 0 bridgehead atoms. The first-order valence-corrected chi connectivity index (χ1v) is 8.40. The van der Waals surface area contributed by atoms with E-state index in [2.05, 4.69) is 49.5 Å². The highest BCUT2D eigenvalue weighted by Crippen LogP contribution is 2.33. The molecule has 0 amide bonds. The van der Waals surface area contributed by atoms with Crippen LogP contribution >= 0.6 is 0 Å². The van der Waals surface area contributed by atoms with Crippen molar-refractivity contribution in [3.8, 4) is 17.2 Å². The SMILES string of the molecule is COc1cc2c(cc1OC)[C@@H](COc1cc(C)cc(C)c1)[NH2+]CC2. The van der Waals surface area contributed by atoms with Crippen LogP contribution in [-0.4, -0.2) is 27.4 Å². The molecule has 3 rings (SSSR count). The normalized spacial score (nSPS) is 16.4. The average molecular weight is 328 g/mol. The monoisotopic (exact) mass is 328 g/mol. The van der Waals surface area contributed by atoms with Gasteiger partial charge in [-0.1, -0.05) is 6.07 Å². The number of hydrogen-bond donors (Lipinski definition) is 1. The van der Waals surface area contributed by atoms with Gasteiger partial charge in [-0.3, -0.25) is 0 Å². The predicted molar refractivity (Wildman–Crippen MR) is 94.2 cm³/mol. The van der Waals surface area contributed by atoms with Crippen LogP contribution in [0, 0.1) is 13.8 Å². The summed E-state index contributed by atoms with van der Waals surface area (Å²) in [6, 6.07) is 10.8. The van der Waals surface area contributed by atoms with E-state index in [0.717, 1.165) is 30.2 Å². The number of fused-ring (bicyclic) bond motifs is 1. The summed E-state index contributed by atoms with van der Waals surface area (Å²) in [7, 11) is 3.36. The molecule has 2 aromatic carbocycles. The van der Waals surface area contributed by atoms with E-state index < -0.39 is 0 Å². The lowest BCUT2D eigenvalue weighted by molar-refractivity contribution is -0.700. The molecule has 24 heavy (non-hydrogen) atoms. The second kappa shape index (κ2) is 7.14. The number of hydrogen-bond acceptors (Lipinski definition) is 3. The van der Waals surface area contributed by atoms with E-state index in [4.69, 9.17) is 14.2 Å². The van der Waals surface area contributed by atoms with E-state index in [0.29, 0.717) is 6.61 Å². The third-order valence-corrected chi connectivity index (χ3v) is 4.53. The van der Waals surface area contributed by atoms with Crippen LogP contribution in [0.2, 0.25) is 0 Å². The minimum Gasteiger partial charge on any atom is -0.493 e. The van der Waals surface area contributed by atoms with E-state index in [1.54, 1.807) is 14.2 Å². The van der Waals surface area contributed by atoms with Gasteiger partial charge in [0, 0.05) is 12.0 Å². The molecule has 1 aliphatic heterocycles. The number of quaternary nitrogens is 1. The van der Waals surface area contributed by atoms with Crippen molar-refractivity contribution in [2.45, 2.75) is 26.3 Å². The fraction of sp³-hybridized carbons (Fsp3) is 0.400. The van der Waals surface area contributed by atoms with Crippen molar-refractivity contribution in [3.05, 3.63) is 52.6 Å². The number of rotatable bonds is 5. The molecule has 1 heterocycles. The number of methoxy groups -OCH3 is 2. The summed E-state index contributed by atoms with van der Waals surface area (Å²) in [5.74, 6) is 2.52.